The van der Waals surface area contributed by atoms with Crippen LogP contribution in [0, 0.1) is 0 Å². The van der Waals surface area contributed by atoms with Gasteiger partial charge in [0, 0.05) is 11.3 Å². The van der Waals surface area contributed by atoms with E-state index in [1.165, 1.54) is 0 Å². The normalized spacial score (nSPS) is 12.0. The summed E-state index contributed by atoms with van der Waals surface area (Å²) in [5, 5.41) is 11.1. The average Bonchev–Trinajstić information content (AvgIpc) is 3.18. The fourth-order valence-corrected chi connectivity index (χ4v) is 2.53. The second-order valence-corrected chi connectivity index (χ2v) is 6.18. The van der Waals surface area contributed by atoms with Gasteiger partial charge in [-0.1, -0.05) is 18.2 Å². The topological polar surface area (TPSA) is 80.5 Å². The van der Waals surface area contributed by atoms with Crippen molar-refractivity contribution in [2.45, 2.75) is 13.0 Å². The number of amides is 1. The first-order valence-corrected chi connectivity index (χ1v) is 8.60. The van der Waals surface area contributed by atoms with Gasteiger partial charge in [0.1, 0.15) is 5.75 Å². The summed E-state index contributed by atoms with van der Waals surface area (Å²) in [6.45, 7) is 2.11. The largest absolute Gasteiger partial charge is 0.497 e. The molecule has 7 heteroatoms. The van der Waals surface area contributed by atoms with Crippen molar-refractivity contribution < 1.29 is 13.9 Å². The third-order valence-corrected chi connectivity index (χ3v) is 4.25. The van der Waals surface area contributed by atoms with E-state index in [2.05, 4.69) is 15.5 Å². The molecule has 3 aromatic rings. The SMILES string of the molecule is COc1ccc(NC(=O)CN(C)C(C)c2nnc(-c3ccccc3)o2)cc1. The van der Waals surface area contributed by atoms with Crippen molar-refractivity contribution in [1.29, 1.82) is 0 Å². The van der Waals surface area contributed by atoms with Crippen LogP contribution in [0.3, 0.4) is 0 Å². The summed E-state index contributed by atoms with van der Waals surface area (Å²) in [5.41, 5.74) is 1.58. The summed E-state index contributed by atoms with van der Waals surface area (Å²) in [6, 6.07) is 16.6. The van der Waals surface area contributed by atoms with E-state index in [0.29, 0.717) is 17.5 Å². The molecule has 1 aromatic heterocycles. The van der Waals surface area contributed by atoms with E-state index in [4.69, 9.17) is 9.15 Å². The summed E-state index contributed by atoms with van der Waals surface area (Å²) in [4.78, 5) is 14.1. The number of nitrogens with one attached hydrogen (secondary N) is 1. The van der Waals surface area contributed by atoms with Crippen LogP contribution in [-0.4, -0.2) is 41.7 Å². The predicted molar refractivity (Wildman–Crippen MR) is 102 cm³/mol. The second-order valence-electron chi connectivity index (χ2n) is 6.18. The Morgan fingerprint density at radius 1 is 1.15 bits per heavy atom. The van der Waals surface area contributed by atoms with E-state index < -0.39 is 0 Å². The lowest BCUT2D eigenvalue weighted by atomic mass is 10.2. The smallest absolute Gasteiger partial charge is 0.247 e. The Labute approximate surface area is 158 Å². The maximum atomic E-state index is 12.3. The molecular formula is C20H22N4O3. The highest BCUT2D eigenvalue weighted by Gasteiger charge is 2.21. The lowest BCUT2D eigenvalue weighted by Gasteiger charge is -2.21. The van der Waals surface area contributed by atoms with Crippen LogP contribution in [0.25, 0.3) is 11.5 Å². The number of nitrogens with zero attached hydrogens (tertiary/aromatic N) is 3. The Kier molecular flexibility index (Phi) is 5.83. The monoisotopic (exact) mass is 366 g/mol. The summed E-state index contributed by atoms with van der Waals surface area (Å²) in [5.74, 6) is 1.55. The molecule has 0 spiro atoms. The molecule has 7 nitrogen and oxygen atoms in total. The van der Waals surface area contributed by atoms with Crippen molar-refractivity contribution >= 4 is 11.6 Å². The number of carbonyl (C=O) groups excluding carboxylic acids is 1. The van der Waals surface area contributed by atoms with Gasteiger partial charge in [0.2, 0.25) is 17.7 Å². The fourth-order valence-electron chi connectivity index (χ4n) is 2.53. The van der Waals surface area contributed by atoms with Crippen LogP contribution in [0.1, 0.15) is 18.9 Å². The molecule has 0 bridgehead atoms. The molecular weight excluding hydrogens is 344 g/mol. The molecule has 1 heterocycles. The molecule has 0 saturated heterocycles. The maximum Gasteiger partial charge on any atom is 0.247 e. The zero-order chi connectivity index (χ0) is 19.2. The zero-order valence-corrected chi connectivity index (χ0v) is 15.5. The minimum Gasteiger partial charge on any atom is -0.497 e. The summed E-state index contributed by atoms with van der Waals surface area (Å²) in [7, 11) is 3.44. The Hall–Kier alpha value is -3.19. The number of likely N-dealkylation sites (N-methyl/N-ethyl adjacent to an activating group) is 1. The molecule has 0 radical (unpaired) electrons. The van der Waals surface area contributed by atoms with Gasteiger partial charge in [-0.15, -0.1) is 10.2 Å². The number of rotatable bonds is 7. The van der Waals surface area contributed by atoms with E-state index in [1.54, 1.807) is 31.4 Å². The minimum absolute atomic E-state index is 0.127. The molecule has 2 aromatic carbocycles. The van der Waals surface area contributed by atoms with E-state index in [-0.39, 0.29) is 18.5 Å². The highest BCUT2D eigenvalue weighted by molar-refractivity contribution is 5.92. The molecule has 1 amide bonds. The Morgan fingerprint density at radius 3 is 2.52 bits per heavy atom. The molecule has 3 rings (SSSR count). The van der Waals surface area contributed by atoms with Crippen LogP contribution in [0.5, 0.6) is 5.75 Å². The van der Waals surface area contributed by atoms with Crippen molar-refractivity contribution in [1.82, 2.24) is 15.1 Å². The van der Waals surface area contributed by atoms with Crippen LogP contribution < -0.4 is 10.1 Å². The molecule has 0 aliphatic rings. The Balaban J connectivity index is 1.59. The van der Waals surface area contributed by atoms with Crippen LogP contribution in [0.2, 0.25) is 0 Å². The van der Waals surface area contributed by atoms with Gasteiger partial charge in [-0.2, -0.15) is 0 Å². The molecule has 1 N–H and O–H groups in total. The molecule has 0 fully saturated rings. The summed E-state index contributed by atoms with van der Waals surface area (Å²) < 4.78 is 10.9. The van der Waals surface area contributed by atoms with Gasteiger partial charge in [-0.05, 0) is 50.4 Å². The quantitative estimate of drug-likeness (QED) is 0.690. The van der Waals surface area contributed by atoms with Gasteiger partial charge < -0.3 is 14.5 Å². The lowest BCUT2D eigenvalue weighted by molar-refractivity contribution is -0.117. The number of ether oxygens (including phenoxy) is 1. The van der Waals surface area contributed by atoms with E-state index in [0.717, 1.165) is 11.3 Å². The molecule has 140 valence electrons. The van der Waals surface area contributed by atoms with Crippen molar-refractivity contribution in [3.8, 4) is 17.2 Å². The van der Waals surface area contributed by atoms with Gasteiger partial charge in [-0.3, -0.25) is 9.69 Å². The number of methoxy groups -OCH3 is 1. The molecule has 0 aliphatic heterocycles. The van der Waals surface area contributed by atoms with Gasteiger partial charge in [-0.25, -0.2) is 0 Å². The average molecular weight is 366 g/mol. The first kappa shape index (κ1) is 18.6. The van der Waals surface area contributed by atoms with E-state index in [1.807, 2.05) is 49.2 Å². The molecule has 0 saturated carbocycles. The van der Waals surface area contributed by atoms with Gasteiger partial charge in [0.25, 0.3) is 0 Å². The molecule has 1 atom stereocenters. The van der Waals surface area contributed by atoms with Crippen LogP contribution in [-0.2, 0) is 4.79 Å². The molecule has 27 heavy (non-hydrogen) atoms. The first-order chi connectivity index (χ1) is 13.1. The number of hydrogen-bond donors (Lipinski definition) is 1. The minimum atomic E-state index is -0.198. The third-order valence-electron chi connectivity index (χ3n) is 4.25. The third kappa shape index (κ3) is 4.71. The van der Waals surface area contributed by atoms with Crippen LogP contribution in [0.4, 0.5) is 5.69 Å². The maximum absolute atomic E-state index is 12.3. The van der Waals surface area contributed by atoms with Crippen LogP contribution in [0.15, 0.2) is 59.0 Å². The number of benzene rings is 2. The van der Waals surface area contributed by atoms with Crippen molar-refractivity contribution in [2.75, 3.05) is 26.0 Å². The number of carbonyl (C=O) groups is 1. The van der Waals surface area contributed by atoms with Crippen molar-refractivity contribution in [3.63, 3.8) is 0 Å². The van der Waals surface area contributed by atoms with Gasteiger partial charge in [0.05, 0.1) is 19.7 Å². The highest BCUT2D eigenvalue weighted by atomic mass is 16.5. The number of anilines is 1. The van der Waals surface area contributed by atoms with E-state index in [9.17, 15) is 4.79 Å². The summed E-state index contributed by atoms with van der Waals surface area (Å²) in [6.07, 6.45) is 0. The second kappa shape index (κ2) is 8.46. The van der Waals surface area contributed by atoms with Gasteiger partial charge in [0.15, 0.2) is 0 Å². The molecule has 1 unspecified atom stereocenters. The number of hydrogen-bond acceptors (Lipinski definition) is 6. The summed E-state index contributed by atoms with van der Waals surface area (Å²) >= 11 is 0. The Morgan fingerprint density at radius 2 is 1.85 bits per heavy atom. The van der Waals surface area contributed by atoms with Crippen LogP contribution >= 0.6 is 0 Å². The zero-order valence-electron chi connectivity index (χ0n) is 15.5. The van der Waals surface area contributed by atoms with E-state index >= 15 is 0 Å². The predicted octanol–water partition coefficient (Wildman–Crippen LogP) is 3.38. The van der Waals surface area contributed by atoms with Gasteiger partial charge >= 0.3 is 0 Å². The first-order valence-electron chi connectivity index (χ1n) is 8.60. The molecule has 0 aliphatic carbocycles. The standard InChI is InChI=1S/C20H22N4O3/c1-14(19-22-23-20(27-19)15-7-5-4-6-8-15)24(2)13-18(25)21-16-9-11-17(26-3)12-10-16/h4-12,14H,13H2,1-3H3,(H,21,25). The highest BCUT2D eigenvalue weighted by Crippen LogP contribution is 2.23. The van der Waals surface area contributed by atoms with Crippen molar-refractivity contribution in [3.05, 3.63) is 60.5 Å². The number of aromatic nitrogens is 2. The Bertz CT molecular complexity index is 878. The lowest BCUT2D eigenvalue weighted by Crippen LogP contribution is -2.32. The fraction of sp³-hybridized carbons (Fsp3) is 0.250. The van der Waals surface area contributed by atoms with Crippen molar-refractivity contribution in [2.24, 2.45) is 0 Å².